The van der Waals surface area contributed by atoms with E-state index in [1.807, 2.05) is 0 Å². The molecule has 0 saturated carbocycles. The fourth-order valence-corrected chi connectivity index (χ4v) is 4.68. The molecule has 3 heterocycles. The molecule has 9 heteroatoms. The molecule has 5 nitrogen and oxygen atoms in total. The SMILES string of the molecule is CC#Cc1sc2ncn(CC(=O)N3CC(C)(F)C3)c(=O)c2c1-c1ccc(F)c(Cl)c1. The Morgan fingerprint density at radius 1 is 1.40 bits per heavy atom. The summed E-state index contributed by atoms with van der Waals surface area (Å²) in [5, 5.41) is 0.211. The maximum absolute atomic E-state index is 13.7. The zero-order chi connectivity index (χ0) is 21.6. The molecule has 1 amide bonds. The monoisotopic (exact) mass is 447 g/mol. The van der Waals surface area contributed by atoms with Gasteiger partial charge in [-0.3, -0.25) is 14.2 Å². The predicted octanol–water partition coefficient (Wildman–Crippen LogP) is 3.86. The fourth-order valence-electron chi connectivity index (χ4n) is 3.44. The van der Waals surface area contributed by atoms with Crippen molar-refractivity contribution in [1.82, 2.24) is 14.5 Å². The smallest absolute Gasteiger partial charge is 0.263 e. The maximum atomic E-state index is 13.7. The van der Waals surface area contributed by atoms with Crippen LogP contribution in [0.5, 0.6) is 0 Å². The zero-order valence-corrected chi connectivity index (χ0v) is 17.7. The average Bonchev–Trinajstić information content (AvgIpc) is 3.03. The van der Waals surface area contributed by atoms with Crippen molar-refractivity contribution >= 4 is 39.1 Å². The molecule has 1 aliphatic heterocycles. The molecule has 2 aromatic heterocycles. The third-order valence-electron chi connectivity index (χ3n) is 4.82. The van der Waals surface area contributed by atoms with Crippen LogP contribution in [0.3, 0.4) is 0 Å². The summed E-state index contributed by atoms with van der Waals surface area (Å²) in [5.74, 6) is 4.83. The van der Waals surface area contributed by atoms with Crippen molar-refractivity contribution in [3.05, 3.63) is 50.6 Å². The highest BCUT2D eigenvalue weighted by Gasteiger charge is 2.41. The summed E-state index contributed by atoms with van der Waals surface area (Å²) in [6.45, 7) is 2.86. The molecule has 0 unspecified atom stereocenters. The molecule has 1 fully saturated rings. The Bertz CT molecular complexity index is 1300. The van der Waals surface area contributed by atoms with Gasteiger partial charge in [-0.15, -0.1) is 17.3 Å². The second-order valence-corrected chi connectivity index (χ2v) is 8.74. The largest absolute Gasteiger partial charge is 0.335 e. The van der Waals surface area contributed by atoms with Gasteiger partial charge in [0.2, 0.25) is 5.91 Å². The van der Waals surface area contributed by atoms with E-state index in [1.165, 1.54) is 52.3 Å². The lowest BCUT2D eigenvalue weighted by Gasteiger charge is -2.42. The fraction of sp³-hybridized carbons (Fsp3) is 0.286. The van der Waals surface area contributed by atoms with E-state index in [-0.39, 0.29) is 36.0 Å². The molecular weight excluding hydrogens is 432 g/mol. The molecule has 1 aliphatic rings. The molecule has 1 saturated heterocycles. The molecule has 0 bridgehead atoms. The minimum atomic E-state index is -1.39. The second-order valence-electron chi connectivity index (χ2n) is 7.33. The second kappa shape index (κ2) is 7.49. The van der Waals surface area contributed by atoms with Gasteiger partial charge in [0.15, 0.2) is 0 Å². The first-order valence-electron chi connectivity index (χ1n) is 9.07. The minimum absolute atomic E-state index is 0.00424. The molecular formula is C21H16ClF2N3O2S. The van der Waals surface area contributed by atoms with E-state index >= 15 is 0 Å². The number of benzene rings is 1. The van der Waals surface area contributed by atoms with Crippen LogP contribution in [0.15, 0.2) is 29.3 Å². The zero-order valence-electron chi connectivity index (χ0n) is 16.1. The van der Waals surface area contributed by atoms with Crippen molar-refractivity contribution in [2.75, 3.05) is 13.1 Å². The third kappa shape index (κ3) is 3.59. The summed E-state index contributed by atoms with van der Waals surface area (Å²) in [6.07, 6.45) is 1.30. The first-order chi connectivity index (χ1) is 14.2. The van der Waals surface area contributed by atoms with Crippen LogP contribution in [0.25, 0.3) is 21.3 Å². The third-order valence-corrected chi connectivity index (χ3v) is 6.13. The van der Waals surface area contributed by atoms with Crippen molar-refractivity contribution in [2.45, 2.75) is 26.1 Å². The molecule has 4 rings (SSSR count). The lowest BCUT2D eigenvalue weighted by Crippen LogP contribution is -2.60. The number of nitrogens with zero attached hydrogens (tertiary/aromatic N) is 3. The van der Waals surface area contributed by atoms with E-state index in [2.05, 4.69) is 16.8 Å². The van der Waals surface area contributed by atoms with Crippen molar-refractivity contribution in [2.24, 2.45) is 0 Å². The van der Waals surface area contributed by atoms with E-state index in [9.17, 15) is 18.4 Å². The van der Waals surface area contributed by atoms with Gasteiger partial charge >= 0.3 is 0 Å². The Hall–Kier alpha value is -2.76. The summed E-state index contributed by atoms with van der Waals surface area (Å²) in [6, 6.07) is 4.18. The Kier molecular flexibility index (Phi) is 5.12. The molecule has 0 N–H and O–H groups in total. The molecule has 154 valence electrons. The van der Waals surface area contributed by atoms with Gasteiger partial charge in [0.1, 0.15) is 22.9 Å². The summed E-state index contributed by atoms with van der Waals surface area (Å²) in [4.78, 5) is 32.4. The average molecular weight is 448 g/mol. The van der Waals surface area contributed by atoms with Crippen LogP contribution in [-0.2, 0) is 11.3 Å². The molecule has 1 aromatic carbocycles. The van der Waals surface area contributed by atoms with Crippen LogP contribution >= 0.6 is 22.9 Å². The van der Waals surface area contributed by atoms with Crippen molar-refractivity contribution in [3.8, 4) is 23.0 Å². The lowest BCUT2D eigenvalue weighted by molar-refractivity contribution is -0.144. The standard InChI is InChI=1S/C21H16ClF2N3O2S/c1-3-4-15-17(12-5-6-14(23)13(22)7-12)18-19(30-15)25-11-26(20(18)29)8-16(28)27-9-21(2,24)10-27/h5-7,11H,8-10H2,1-2H3. The normalized spacial score (nSPS) is 14.9. The van der Waals surface area contributed by atoms with Crippen molar-refractivity contribution in [3.63, 3.8) is 0 Å². The number of likely N-dealkylation sites (tertiary alicyclic amines) is 1. The van der Waals surface area contributed by atoms with E-state index in [4.69, 9.17) is 11.6 Å². The predicted molar refractivity (Wildman–Crippen MR) is 113 cm³/mol. The van der Waals surface area contributed by atoms with Crippen LogP contribution in [0, 0.1) is 17.7 Å². The van der Waals surface area contributed by atoms with Gasteiger partial charge < -0.3 is 4.90 Å². The molecule has 0 radical (unpaired) electrons. The molecule has 0 atom stereocenters. The van der Waals surface area contributed by atoms with Gasteiger partial charge in [0.25, 0.3) is 5.56 Å². The van der Waals surface area contributed by atoms with Crippen molar-refractivity contribution in [1.29, 1.82) is 0 Å². The van der Waals surface area contributed by atoms with Gasteiger partial charge in [0, 0.05) is 5.56 Å². The van der Waals surface area contributed by atoms with Crippen LogP contribution < -0.4 is 5.56 Å². The number of hydrogen-bond acceptors (Lipinski definition) is 4. The Morgan fingerprint density at radius 2 is 2.13 bits per heavy atom. The van der Waals surface area contributed by atoms with Crippen LogP contribution in [-0.4, -0.2) is 39.1 Å². The summed E-state index contributed by atoms with van der Waals surface area (Å²) in [7, 11) is 0. The minimum Gasteiger partial charge on any atom is -0.335 e. The quantitative estimate of drug-likeness (QED) is 0.573. The molecule has 3 aromatic rings. The maximum Gasteiger partial charge on any atom is 0.263 e. The number of alkyl halides is 1. The Balaban J connectivity index is 1.82. The van der Waals surface area contributed by atoms with Gasteiger partial charge in [-0.2, -0.15) is 0 Å². The van der Waals surface area contributed by atoms with Gasteiger partial charge in [-0.25, -0.2) is 13.8 Å². The summed E-state index contributed by atoms with van der Waals surface area (Å²) in [5.41, 5.74) is -0.776. The molecule has 30 heavy (non-hydrogen) atoms. The number of aromatic nitrogens is 2. The van der Waals surface area contributed by atoms with E-state index in [0.717, 1.165) is 0 Å². The van der Waals surface area contributed by atoms with Gasteiger partial charge in [-0.05, 0) is 31.5 Å². The molecule has 0 aliphatic carbocycles. The van der Waals surface area contributed by atoms with E-state index < -0.39 is 17.0 Å². The number of carbonyl (C=O) groups is 1. The first-order valence-corrected chi connectivity index (χ1v) is 10.3. The number of carbonyl (C=O) groups excluding carboxylic acids is 1. The Labute approximate surface area is 179 Å². The van der Waals surface area contributed by atoms with Crippen LogP contribution in [0.4, 0.5) is 8.78 Å². The van der Waals surface area contributed by atoms with E-state index in [1.54, 1.807) is 6.92 Å². The van der Waals surface area contributed by atoms with Gasteiger partial charge in [0.05, 0.1) is 34.7 Å². The van der Waals surface area contributed by atoms with Gasteiger partial charge in [-0.1, -0.05) is 23.6 Å². The number of rotatable bonds is 3. The van der Waals surface area contributed by atoms with E-state index in [0.29, 0.717) is 20.8 Å². The number of amides is 1. The van der Waals surface area contributed by atoms with Crippen molar-refractivity contribution < 1.29 is 13.6 Å². The first kappa shape index (κ1) is 20.5. The van der Waals surface area contributed by atoms with Crippen LogP contribution in [0.1, 0.15) is 18.7 Å². The summed E-state index contributed by atoms with van der Waals surface area (Å²) < 4.78 is 28.5. The highest BCUT2D eigenvalue weighted by atomic mass is 35.5. The highest BCUT2D eigenvalue weighted by molar-refractivity contribution is 7.19. The Morgan fingerprint density at radius 3 is 2.77 bits per heavy atom. The molecule has 0 spiro atoms. The van der Waals surface area contributed by atoms with Crippen LogP contribution in [0.2, 0.25) is 5.02 Å². The summed E-state index contributed by atoms with van der Waals surface area (Å²) >= 11 is 7.18. The highest BCUT2D eigenvalue weighted by Crippen LogP contribution is 2.37. The number of hydrogen-bond donors (Lipinski definition) is 0. The number of fused-ring (bicyclic) bond motifs is 1. The number of halogens is 3. The lowest BCUT2D eigenvalue weighted by atomic mass is 9.99. The number of thiophene rings is 1. The topological polar surface area (TPSA) is 55.2 Å².